The molecule has 0 aliphatic heterocycles. The maximum Gasteiger partial charge on any atom is 0.234 e. The van der Waals surface area contributed by atoms with Gasteiger partial charge in [-0.25, -0.2) is 0 Å². The number of carbonyl (C=O) groups excluding carboxylic acids is 1. The summed E-state index contributed by atoms with van der Waals surface area (Å²) in [6, 6.07) is 5.31. The summed E-state index contributed by atoms with van der Waals surface area (Å²) in [6.45, 7) is 0. The maximum atomic E-state index is 11.7. The molecule has 1 aliphatic carbocycles. The molecule has 0 atom stereocenters. The van der Waals surface area contributed by atoms with Crippen LogP contribution in [0.5, 0.6) is 0 Å². The fraction of sp³-hybridized carbons (Fsp3) is 0.357. The molecule has 1 aromatic heterocycles. The Morgan fingerprint density at radius 2 is 2.00 bits per heavy atom. The molecule has 0 spiro atoms. The van der Waals surface area contributed by atoms with Gasteiger partial charge in [0.1, 0.15) is 5.78 Å². The first kappa shape index (κ1) is 13.6. The number of ketones is 1. The quantitative estimate of drug-likeness (QED) is 0.848. The van der Waals surface area contributed by atoms with E-state index in [1.54, 1.807) is 18.2 Å². The van der Waals surface area contributed by atoms with Gasteiger partial charge in [-0.15, -0.1) is 0 Å². The predicted molar refractivity (Wildman–Crippen MR) is 75.0 cm³/mol. The highest BCUT2D eigenvalue weighted by molar-refractivity contribution is 6.36. The van der Waals surface area contributed by atoms with Crippen LogP contribution in [-0.2, 0) is 17.6 Å². The Balaban J connectivity index is 1.72. The van der Waals surface area contributed by atoms with Crippen molar-refractivity contribution in [2.24, 2.45) is 5.92 Å². The zero-order valence-electron chi connectivity index (χ0n) is 10.6. The van der Waals surface area contributed by atoms with Crippen LogP contribution in [0.15, 0.2) is 22.7 Å². The normalized spacial score (nSPS) is 14.5. The third-order valence-corrected chi connectivity index (χ3v) is 3.97. The van der Waals surface area contributed by atoms with Gasteiger partial charge in [-0.2, -0.15) is 4.98 Å². The minimum Gasteiger partial charge on any atom is -0.339 e. The van der Waals surface area contributed by atoms with Gasteiger partial charge in [-0.1, -0.05) is 34.4 Å². The lowest BCUT2D eigenvalue weighted by Gasteiger charge is -2.02. The number of benzene rings is 1. The molecule has 0 unspecified atom stereocenters. The Hall–Kier alpha value is -1.39. The molecule has 0 saturated heterocycles. The van der Waals surface area contributed by atoms with E-state index in [0.29, 0.717) is 28.2 Å². The number of aromatic nitrogens is 2. The van der Waals surface area contributed by atoms with Crippen molar-refractivity contribution in [3.05, 3.63) is 45.5 Å². The number of hydrogen-bond acceptors (Lipinski definition) is 4. The number of carbonyl (C=O) groups is 1. The number of rotatable bonds is 5. The van der Waals surface area contributed by atoms with Crippen LogP contribution in [0, 0.1) is 5.92 Å². The van der Waals surface area contributed by atoms with E-state index in [4.69, 9.17) is 27.7 Å². The second-order valence-corrected chi connectivity index (χ2v) is 5.71. The molecule has 1 aliphatic rings. The molecule has 1 aromatic carbocycles. The predicted octanol–water partition coefficient (Wildman–Crippen LogP) is 3.49. The lowest BCUT2D eigenvalue weighted by Crippen LogP contribution is -2.05. The Kier molecular flexibility index (Phi) is 3.76. The van der Waals surface area contributed by atoms with Crippen LogP contribution in [0.4, 0.5) is 0 Å². The summed E-state index contributed by atoms with van der Waals surface area (Å²) in [4.78, 5) is 15.9. The molecule has 0 amide bonds. The minimum absolute atomic E-state index is 0.177. The minimum atomic E-state index is 0.177. The molecule has 6 heteroatoms. The van der Waals surface area contributed by atoms with Crippen molar-refractivity contribution < 1.29 is 9.32 Å². The van der Waals surface area contributed by atoms with E-state index in [1.165, 1.54) is 0 Å². The van der Waals surface area contributed by atoms with Crippen molar-refractivity contribution in [2.75, 3.05) is 0 Å². The number of hydrogen-bond donors (Lipinski definition) is 0. The molecule has 104 valence electrons. The number of nitrogens with zero attached hydrogens (tertiary/aromatic N) is 2. The Labute approximate surface area is 126 Å². The van der Waals surface area contributed by atoms with E-state index in [0.717, 1.165) is 18.4 Å². The first-order chi connectivity index (χ1) is 9.63. The lowest BCUT2D eigenvalue weighted by atomic mass is 10.1. The van der Waals surface area contributed by atoms with Crippen molar-refractivity contribution in [3.63, 3.8) is 0 Å². The molecular weight excluding hydrogens is 299 g/mol. The summed E-state index contributed by atoms with van der Waals surface area (Å²) in [6.07, 6.45) is 2.57. The van der Waals surface area contributed by atoms with Crippen LogP contribution in [0.3, 0.4) is 0 Å². The summed E-state index contributed by atoms with van der Waals surface area (Å²) in [5.41, 5.74) is 0.761. The number of Topliss-reactive ketones (excluding diaryl/α,β-unsaturated/α-hetero) is 1. The highest BCUT2D eigenvalue weighted by Gasteiger charge is 2.30. The standard InChI is InChI=1S/C14H12Cl2N2O2/c15-10-2-1-3-11(16)9(10)6-13-17-14(20-18-13)7-12(19)8-4-5-8/h1-3,8H,4-7H2. The van der Waals surface area contributed by atoms with Gasteiger partial charge in [0, 0.05) is 22.4 Å². The zero-order valence-corrected chi connectivity index (χ0v) is 12.1. The van der Waals surface area contributed by atoms with Gasteiger partial charge >= 0.3 is 0 Å². The van der Waals surface area contributed by atoms with Gasteiger partial charge in [0.05, 0.1) is 6.42 Å². The SMILES string of the molecule is O=C(Cc1nc(Cc2c(Cl)cccc2Cl)no1)C1CC1. The van der Waals surface area contributed by atoms with Crippen molar-refractivity contribution >= 4 is 29.0 Å². The van der Waals surface area contributed by atoms with Crippen molar-refractivity contribution in [1.29, 1.82) is 0 Å². The molecule has 4 nitrogen and oxygen atoms in total. The van der Waals surface area contributed by atoms with E-state index in [1.807, 2.05) is 0 Å². The Bertz CT molecular complexity index is 630. The fourth-order valence-electron chi connectivity index (χ4n) is 1.99. The Morgan fingerprint density at radius 3 is 2.65 bits per heavy atom. The fourth-order valence-corrected chi connectivity index (χ4v) is 2.52. The average Bonchev–Trinajstić information content (AvgIpc) is 3.17. The lowest BCUT2D eigenvalue weighted by molar-refractivity contribution is -0.119. The van der Waals surface area contributed by atoms with Gasteiger partial charge in [0.2, 0.25) is 5.89 Å². The number of halogens is 2. The molecule has 1 saturated carbocycles. The molecule has 0 bridgehead atoms. The van der Waals surface area contributed by atoms with Crippen molar-refractivity contribution in [3.8, 4) is 0 Å². The summed E-state index contributed by atoms with van der Waals surface area (Å²) in [7, 11) is 0. The molecule has 20 heavy (non-hydrogen) atoms. The van der Waals surface area contributed by atoms with E-state index in [9.17, 15) is 4.79 Å². The van der Waals surface area contributed by atoms with Gasteiger partial charge in [0.15, 0.2) is 5.82 Å². The highest BCUT2D eigenvalue weighted by atomic mass is 35.5. The third kappa shape index (κ3) is 3.02. The first-order valence-corrected chi connectivity index (χ1v) is 7.16. The van der Waals surface area contributed by atoms with Gasteiger partial charge in [-0.3, -0.25) is 4.79 Å². The Morgan fingerprint density at radius 1 is 1.30 bits per heavy atom. The molecule has 1 fully saturated rings. The van der Waals surface area contributed by atoms with Crippen LogP contribution in [0.2, 0.25) is 10.0 Å². The van der Waals surface area contributed by atoms with Gasteiger partial charge in [0.25, 0.3) is 0 Å². The largest absolute Gasteiger partial charge is 0.339 e. The van der Waals surface area contributed by atoms with E-state index >= 15 is 0 Å². The summed E-state index contributed by atoms with van der Waals surface area (Å²) < 4.78 is 5.10. The summed E-state index contributed by atoms with van der Waals surface area (Å²) >= 11 is 12.2. The molecule has 0 radical (unpaired) electrons. The van der Waals surface area contributed by atoms with Crippen molar-refractivity contribution in [1.82, 2.24) is 10.1 Å². The summed E-state index contributed by atoms with van der Waals surface area (Å²) in [5, 5.41) is 5.01. The van der Waals surface area contributed by atoms with Gasteiger partial charge < -0.3 is 4.52 Å². The molecule has 0 N–H and O–H groups in total. The first-order valence-electron chi connectivity index (χ1n) is 6.40. The molecule has 2 aromatic rings. The second kappa shape index (κ2) is 5.54. The average molecular weight is 311 g/mol. The topological polar surface area (TPSA) is 56.0 Å². The van der Waals surface area contributed by atoms with Crippen LogP contribution >= 0.6 is 23.2 Å². The van der Waals surface area contributed by atoms with Crippen LogP contribution in [0.25, 0.3) is 0 Å². The highest BCUT2D eigenvalue weighted by Crippen LogP contribution is 2.31. The molecule has 1 heterocycles. The monoisotopic (exact) mass is 310 g/mol. The summed E-state index contributed by atoms with van der Waals surface area (Å²) in [5.74, 6) is 1.22. The second-order valence-electron chi connectivity index (χ2n) is 4.90. The zero-order chi connectivity index (χ0) is 14.1. The van der Waals surface area contributed by atoms with Crippen LogP contribution < -0.4 is 0 Å². The van der Waals surface area contributed by atoms with Gasteiger partial charge in [-0.05, 0) is 30.5 Å². The van der Waals surface area contributed by atoms with Crippen LogP contribution in [-0.4, -0.2) is 15.9 Å². The van der Waals surface area contributed by atoms with E-state index in [2.05, 4.69) is 10.1 Å². The van der Waals surface area contributed by atoms with E-state index in [-0.39, 0.29) is 18.1 Å². The van der Waals surface area contributed by atoms with Crippen LogP contribution in [0.1, 0.15) is 30.1 Å². The van der Waals surface area contributed by atoms with Crippen molar-refractivity contribution in [2.45, 2.75) is 25.7 Å². The maximum absolute atomic E-state index is 11.7. The molecule has 3 rings (SSSR count). The van der Waals surface area contributed by atoms with E-state index < -0.39 is 0 Å². The smallest absolute Gasteiger partial charge is 0.234 e. The third-order valence-electron chi connectivity index (χ3n) is 3.26. The molecular formula is C14H12Cl2N2O2.